The van der Waals surface area contributed by atoms with E-state index in [1.165, 1.54) is 13.2 Å². The number of hydrogen-bond donors (Lipinski definition) is 5. The summed E-state index contributed by atoms with van der Waals surface area (Å²) in [5, 5.41) is 26.9. The zero-order valence-electron chi connectivity index (χ0n) is 27.8. The Morgan fingerprint density at radius 2 is 1.84 bits per heavy atom. The van der Waals surface area contributed by atoms with Crippen LogP contribution in [0.1, 0.15) is 35.2 Å². The molecule has 4 aromatic rings. The van der Waals surface area contributed by atoms with Crippen molar-refractivity contribution >= 4 is 34.9 Å². The molecule has 0 radical (unpaired) electrons. The van der Waals surface area contributed by atoms with Crippen molar-refractivity contribution in [2.45, 2.75) is 38.0 Å². The Balaban J connectivity index is 0.000000654. The predicted octanol–water partition coefficient (Wildman–Crippen LogP) is 3.92. The number of aromatic nitrogens is 3. The highest BCUT2D eigenvalue weighted by Gasteiger charge is 2.38. The number of fused-ring (bicyclic) bond motifs is 1. The van der Waals surface area contributed by atoms with Crippen LogP contribution in [0.3, 0.4) is 0 Å². The monoisotopic (exact) mass is 715 g/mol. The largest absolute Gasteiger partial charge is 0.494 e. The number of aryl methyl sites for hydroxylation is 1. The highest BCUT2D eigenvalue weighted by atomic mass is 19.4. The van der Waals surface area contributed by atoms with Gasteiger partial charge in [0.05, 0.1) is 24.6 Å². The topological polar surface area (TPSA) is 170 Å². The highest BCUT2D eigenvalue weighted by Crippen LogP contribution is 2.29. The number of β-amino-alcohol motifs (C(OH)–C–C–N with tert-alkyl or cyclic N) is 1. The zero-order valence-corrected chi connectivity index (χ0v) is 27.8. The van der Waals surface area contributed by atoms with Gasteiger partial charge < -0.3 is 35.8 Å². The Hall–Kier alpha value is -5.29. The van der Waals surface area contributed by atoms with Crippen LogP contribution in [0.4, 0.5) is 29.1 Å². The standard InChI is InChI=1S/C32H36FN7O4.C2HF3O2/c1-20-15-23(38-28-29-36-17-26(40(29)14-11-35-28)22-3-6-27(44-2)25(33)16-22)4-5-24(20)31(42)39-12-7-21(8-13-39)30(41)37-19-32(43)9-10-34-18-32;3-2(4,5)1(6)7/h3-6,11,14-17,21,34,43H,7-10,12-13,18-19H2,1-2H3,(H,35,38)(H,37,41);(H,6,7). The lowest BCUT2D eigenvalue weighted by atomic mass is 9.94. The van der Waals surface area contributed by atoms with Gasteiger partial charge in [-0.2, -0.15) is 13.2 Å². The predicted molar refractivity (Wildman–Crippen MR) is 177 cm³/mol. The first kappa shape index (κ1) is 37.0. The number of alkyl halides is 3. The van der Waals surface area contributed by atoms with E-state index in [0.29, 0.717) is 67.2 Å². The molecule has 272 valence electrons. The van der Waals surface area contributed by atoms with Crippen molar-refractivity contribution in [3.05, 3.63) is 71.9 Å². The molecule has 1 atom stereocenters. The molecule has 2 fully saturated rings. The van der Waals surface area contributed by atoms with Crippen LogP contribution in [-0.2, 0) is 9.59 Å². The molecule has 2 aromatic carbocycles. The van der Waals surface area contributed by atoms with Gasteiger partial charge in [0, 0.05) is 61.3 Å². The fourth-order valence-corrected chi connectivity index (χ4v) is 5.96. The second-order valence-corrected chi connectivity index (χ2v) is 12.4. The lowest BCUT2D eigenvalue weighted by Crippen LogP contribution is -2.48. The van der Waals surface area contributed by atoms with Crippen molar-refractivity contribution < 1.29 is 46.9 Å². The summed E-state index contributed by atoms with van der Waals surface area (Å²) in [7, 11) is 1.43. The number of amides is 2. The Morgan fingerprint density at radius 3 is 2.45 bits per heavy atom. The third-order valence-electron chi connectivity index (χ3n) is 8.80. The summed E-state index contributed by atoms with van der Waals surface area (Å²) < 4.78 is 53.0. The van der Waals surface area contributed by atoms with E-state index in [9.17, 15) is 32.3 Å². The fraction of sp³-hybridized carbons (Fsp3) is 0.382. The Labute approximate surface area is 289 Å². The highest BCUT2D eigenvalue weighted by molar-refractivity contribution is 5.96. The number of piperidine rings is 1. The molecule has 0 saturated carbocycles. The number of carboxylic acids is 1. The lowest BCUT2D eigenvalue weighted by molar-refractivity contribution is -0.192. The number of ether oxygens (including phenoxy) is 1. The van der Waals surface area contributed by atoms with Crippen LogP contribution < -0.4 is 20.7 Å². The molecule has 0 aliphatic carbocycles. The van der Waals surface area contributed by atoms with Crippen LogP contribution in [0.15, 0.2) is 55.0 Å². The number of benzene rings is 2. The molecule has 0 bridgehead atoms. The molecule has 2 aliphatic rings. The number of hydrogen-bond acceptors (Lipinski definition) is 9. The molecule has 2 saturated heterocycles. The summed E-state index contributed by atoms with van der Waals surface area (Å²) in [6.07, 6.45) is 1.77. The number of aliphatic carboxylic acids is 1. The van der Waals surface area contributed by atoms with Crippen molar-refractivity contribution in [2.24, 2.45) is 5.92 Å². The van der Waals surface area contributed by atoms with E-state index < -0.39 is 23.6 Å². The number of carboxylic acid groups (broad SMARTS) is 1. The molecule has 17 heteroatoms. The zero-order chi connectivity index (χ0) is 36.9. The number of anilines is 2. The first-order valence-corrected chi connectivity index (χ1v) is 16.0. The van der Waals surface area contributed by atoms with Gasteiger partial charge in [-0.25, -0.2) is 19.2 Å². The second kappa shape index (κ2) is 15.3. The summed E-state index contributed by atoms with van der Waals surface area (Å²) in [4.78, 5) is 45.8. The molecule has 13 nitrogen and oxygen atoms in total. The number of nitrogens with zero attached hydrogens (tertiary/aromatic N) is 4. The summed E-state index contributed by atoms with van der Waals surface area (Å²) in [5.41, 5.74) is 3.19. The fourth-order valence-electron chi connectivity index (χ4n) is 5.96. The molecular weight excluding hydrogens is 678 g/mol. The number of carbonyl (C=O) groups is 3. The SMILES string of the molecule is COc1ccc(-c2cnc3c(Nc4ccc(C(=O)N5CCC(C(=O)NCC6(O)CCNC6)CC5)c(C)c4)nccn23)cc1F.O=C(O)C(F)(F)F. The van der Waals surface area contributed by atoms with Crippen LogP contribution >= 0.6 is 0 Å². The van der Waals surface area contributed by atoms with E-state index in [-0.39, 0.29) is 30.0 Å². The first-order chi connectivity index (χ1) is 24.2. The molecule has 2 amide bonds. The van der Waals surface area contributed by atoms with Crippen molar-refractivity contribution in [1.82, 2.24) is 29.9 Å². The summed E-state index contributed by atoms with van der Waals surface area (Å²) in [6.45, 7) is 4.35. The van der Waals surface area contributed by atoms with Crippen LogP contribution in [0.25, 0.3) is 16.9 Å². The molecule has 2 aromatic heterocycles. The van der Waals surface area contributed by atoms with Gasteiger partial charge in [0.15, 0.2) is 23.0 Å². The van der Waals surface area contributed by atoms with E-state index in [1.54, 1.807) is 41.7 Å². The van der Waals surface area contributed by atoms with Gasteiger partial charge in [-0.3, -0.25) is 14.0 Å². The quantitative estimate of drug-likeness (QED) is 0.169. The van der Waals surface area contributed by atoms with Crippen molar-refractivity contribution in [1.29, 1.82) is 0 Å². The van der Waals surface area contributed by atoms with E-state index in [4.69, 9.17) is 14.6 Å². The summed E-state index contributed by atoms with van der Waals surface area (Å²) in [6, 6.07) is 10.3. The average molecular weight is 716 g/mol. The third kappa shape index (κ3) is 8.72. The first-order valence-electron chi connectivity index (χ1n) is 16.0. The molecule has 6 rings (SSSR count). The summed E-state index contributed by atoms with van der Waals surface area (Å²) in [5.74, 6) is -2.83. The van der Waals surface area contributed by atoms with E-state index >= 15 is 0 Å². The van der Waals surface area contributed by atoms with Gasteiger partial charge in [-0.15, -0.1) is 0 Å². The van der Waals surface area contributed by atoms with Crippen LogP contribution in [-0.4, -0.2) is 98.9 Å². The van der Waals surface area contributed by atoms with Crippen molar-refractivity contribution in [3.8, 4) is 17.0 Å². The number of methoxy groups -OCH3 is 1. The van der Waals surface area contributed by atoms with E-state index in [2.05, 4.69) is 25.9 Å². The number of carbonyl (C=O) groups excluding carboxylic acids is 2. The number of halogens is 4. The van der Waals surface area contributed by atoms with Gasteiger partial charge in [0.25, 0.3) is 5.91 Å². The Morgan fingerprint density at radius 1 is 1.12 bits per heavy atom. The minimum absolute atomic E-state index is 0.0616. The molecule has 1 unspecified atom stereocenters. The summed E-state index contributed by atoms with van der Waals surface area (Å²) >= 11 is 0. The van der Waals surface area contributed by atoms with E-state index in [0.717, 1.165) is 17.8 Å². The number of rotatable bonds is 8. The van der Waals surface area contributed by atoms with Gasteiger partial charge in [0.2, 0.25) is 5.91 Å². The maximum Gasteiger partial charge on any atom is 0.490 e. The molecule has 0 spiro atoms. The number of aliphatic hydroxyl groups is 1. The molecule has 5 N–H and O–H groups in total. The average Bonchev–Trinajstić information content (AvgIpc) is 3.74. The number of likely N-dealkylation sites (tertiary alicyclic amines) is 1. The molecular formula is C34H37F4N7O6. The molecule has 4 heterocycles. The van der Waals surface area contributed by atoms with Gasteiger partial charge >= 0.3 is 12.1 Å². The van der Waals surface area contributed by atoms with Crippen molar-refractivity contribution in [3.63, 3.8) is 0 Å². The van der Waals surface area contributed by atoms with Gasteiger partial charge in [-0.1, -0.05) is 0 Å². The molecule has 51 heavy (non-hydrogen) atoms. The van der Waals surface area contributed by atoms with Crippen molar-refractivity contribution in [2.75, 3.05) is 45.2 Å². The number of imidazole rings is 1. The van der Waals surface area contributed by atoms with Gasteiger partial charge in [0.1, 0.15) is 0 Å². The molecule has 2 aliphatic heterocycles. The number of nitrogens with one attached hydrogen (secondary N) is 3. The third-order valence-corrected chi connectivity index (χ3v) is 8.80. The maximum absolute atomic E-state index is 14.4. The normalized spacial score (nSPS) is 17.8. The van der Waals surface area contributed by atoms with E-state index in [1.807, 2.05) is 23.5 Å². The maximum atomic E-state index is 14.4. The smallest absolute Gasteiger partial charge is 0.490 e. The van der Waals surface area contributed by atoms with Gasteiger partial charge in [-0.05, 0) is 74.7 Å². The van der Waals surface area contributed by atoms with Crippen LogP contribution in [0, 0.1) is 18.7 Å². The lowest BCUT2D eigenvalue weighted by Gasteiger charge is -2.32. The Kier molecular flexibility index (Phi) is 11.1. The minimum atomic E-state index is -5.08. The Bertz CT molecular complexity index is 1900. The minimum Gasteiger partial charge on any atom is -0.494 e. The second-order valence-electron chi connectivity index (χ2n) is 12.4. The van der Waals surface area contributed by atoms with Crippen LogP contribution in [0.2, 0.25) is 0 Å². The van der Waals surface area contributed by atoms with Crippen LogP contribution in [0.5, 0.6) is 5.75 Å².